The fourth-order valence-electron chi connectivity index (χ4n) is 1.84. The van der Waals surface area contributed by atoms with Gasteiger partial charge in [-0.1, -0.05) is 11.6 Å². The molecule has 26 heavy (non-hydrogen) atoms. The van der Waals surface area contributed by atoms with Gasteiger partial charge in [-0.2, -0.15) is 0 Å². The molecule has 0 unspecified atom stereocenters. The third kappa shape index (κ3) is 7.02. The molecule has 1 aromatic carbocycles. The van der Waals surface area contributed by atoms with Gasteiger partial charge in [-0.25, -0.2) is 9.59 Å². The molecular weight excluding hydrogens is 364 g/mol. The van der Waals surface area contributed by atoms with E-state index in [0.717, 1.165) is 6.08 Å². The molecular formula is C17H21ClN2O6. The molecule has 1 aromatic rings. The predicted octanol–water partition coefficient (Wildman–Crippen LogP) is 2.15. The Balaban J connectivity index is 2.59. The monoisotopic (exact) mass is 384 g/mol. The SMILES string of the molecule is COc1cc(/C=C/C(=O)OCC(=O)NC(=O)NC(C)C)cc(Cl)c1OC. The molecule has 0 aliphatic rings. The van der Waals surface area contributed by atoms with Crippen molar-refractivity contribution in [2.24, 2.45) is 0 Å². The quantitative estimate of drug-likeness (QED) is 0.551. The van der Waals surface area contributed by atoms with Crippen LogP contribution in [0.4, 0.5) is 4.79 Å². The lowest BCUT2D eigenvalue weighted by Gasteiger charge is -2.10. The third-order valence-electron chi connectivity index (χ3n) is 2.89. The molecule has 0 heterocycles. The molecule has 1 rings (SSSR count). The fraction of sp³-hybridized carbons (Fsp3) is 0.353. The van der Waals surface area contributed by atoms with Crippen molar-refractivity contribution in [1.29, 1.82) is 0 Å². The molecule has 0 atom stereocenters. The first kappa shape index (κ1) is 21.3. The highest BCUT2D eigenvalue weighted by molar-refractivity contribution is 6.32. The highest BCUT2D eigenvalue weighted by Crippen LogP contribution is 2.36. The first-order chi connectivity index (χ1) is 12.3. The molecule has 0 aromatic heterocycles. The van der Waals surface area contributed by atoms with Crippen molar-refractivity contribution in [3.05, 3.63) is 28.8 Å². The zero-order valence-electron chi connectivity index (χ0n) is 14.9. The fourth-order valence-corrected chi connectivity index (χ4v) is 2.14. The number of imide groups is 1. The number of halogens is 1. The van der Waals surface area contributed by atoms with Crippen molar-refractivity contribution in [2.75, 3.05) is 20.8 Å². The number of rotatable bonds is 7. The van der Waals surface area contributed by atoms with Crippen LogP contribution in [0.5, 0.6) is 11.5 Å². The van der Waals surface area contributed by atoms with Crippen LogP contribution in [-0.4, -0.2) is 44.8 Å². The molecule has 0 spiro atoms. The Morgan fingerprint density at radius 3 is 2.46 bits per heavy atom. The van der Waals surface area contributed by atoms with E-state index in [1.165, 1.54) is 20.3 Å². The van der Waals surface area contributed by atoms with E-state index in [-0.39, 0.29) is 6.04 Å². The summed E-state index contributed by atoms with van der Waals surface area (Å²) in [7, 11) is 2.92. The highest BCUT2D eigenvalue weighted by Gasteiger charge is 2.11. The number of ether oxygens (including phenoxy) is 3. The minimum absolute atomic E-state index is 0.124. The molecule has 0 radical (unpaired) electrons. The Morgan fingerprint density at radius 1 is 1.19 bits per heavy atom. The summed E-state index contributed by atoms with van der Waals surface area (Å²) in [5.74, 6) is -0.705. The van der Waals surface area contributed by atoms with E-state index >= 15 is 0 Å². The van der Waals surface area contributed by atoms with Gasteiger partial charge in [-0.15, -0.1) is 0 Å². The summed E-state index contributed by atoms with van der Waals surface area (Å²) < 4.78 is 15.0. The van der Waals surface area contributed by atoms with Gasteiger partial charge >= 0.3 is 12.0 Å². The molecule has 0 saturated heterocycles. The van der Waals surface area contributed by atoms with Gasteiger partial charge in [0.05, 0.1) is 19.2 Å². The number of benzene rings is 1. The first-order valence-corrected chi connectivity index (χ1v) is 8.01. The minimum atomic E-state index is -0.754. The van der Waals surface area contributed by atoms with Crippen LogP contribution in [0.3, 0.4) is 0 Å². The standard InChI is InChI=1S/C17H21ClN2O6/c1-10(2)19-17(23)20-14(21)9-26-15(22)6-5-11-7-12(18)16(25-4)13(8-11)24-3/h5-8,10H,9H2,1-4H3,(H2,19,20,21,23)/b6-5+. The Bertz CT molecular complexity index is 703. The van der Waals surface area contributed by atoms with Gasteiger partial charge in [0.25, 0.3) is 5.91 Å². The average Bonchev–Trinajstić information content (AvgIpc) is 2.56. The van der Waals surface area contributed by atoms with Crippen LogP contribution in [0, 0.1) is 0 Å². The van der Waals surface area contributed by atoms with Crippen LogP contribution in [0.1, 0.15) is 19.4 Å². The van der Waals surface area contributed by atoms with Crippen LogP contribution in [0.15, 0.2) is 18.2 Å². The van der Waals surface area contributed by atoms with Crippen molar-refractivity contribution in [2.45, 2.75) is 19.9 Å². The van der Waals surface area contributed by atoms with Crippen molar-refractivity contribution in [3.63, 3.8) is 0 Å². The molecule has 2 N–H and O–H groups in total. The molecule has 142 valence electrons. The number of carbonyl (C=O) groups is 3. The number of carbonyl (C=O) groups excluding carboxylic acids is 3. The van der Waals surface area contributed by atoms with Crippen molar-refractivity contribution in [3.8, 4) is 11.5 Å². The predicted molar refractivity (Wildman–Crippen MR) is 96.4 cm³/mol. The number of methoxy groups -OCH3 is 2. The van der Waals surface area contributed by atoms with Crippen LogP contribution in [0.25, 0.3) is 6.08 Å². The number of urea groups is 1. The molecule has 0 aliphatic heterocycles. The minimum Gasteiger partial charge on any atom is -0.493 e. The van der Waals surface area contributed by atoms with Crippen LogP contribution in [0.2, 0.25) is 5.02 Å². The highest BCUT2D eigenvalue weighted by atomic mass is 35.5. The Morgan fingerprint density at radius 2 is 1.88 bits per heavy atom. The van der Waals surface area contributed by atoms with Crippen LogP contribution >= 0.6 is 11.6 Å². The number of hydrogen-bond donors (Lipinski definition) is 2. The second-order valence-corrected chi connectivity index (χ2v) is 5.76. The molecule has 0 bridgehead atoms. The summed E-state index contributed by atoms with van der Waals surface area (Å²) in [5.41, 5.74) is 0.574. The maximum Gasteiger partial charge on any atom is 0.331 e. The summed E-state index contributed by atoms with van der Waals surface area (Å²) in [6, 6.07) is 2.42. The summed E-state index contributed by atoms with van der Waals surface area (Å²) >= 11 is 6.07. The third-order valence-corrected chi connectivity index (χ3v) is 3.17. The van der Waals surface area contributed by atoms with Crippen LogP contribution < -0.4 is 20.1 Å². The van der Waals surface area contributed by atoms with Gasteiger partial charge in [-0.3, -0.25) is 10.1 Å². The van der Waals surface area contributed by atoms with E-state index in [2.05, 4.69) is 5.32 Å². The number of hydrogen-bond acceptors (Lipinski definition) is 6. The Labute approximate surface area is 156 Å². The van der Waals surface area contributed by atoms with Crippen molar-refractivity contribution < 1.29 is 28.6 Å². The zero-order chi connectivity index (χ0) is 19.7. The molecule has 0 saturated carbocycles. The number of amides is 3. The lowest BCUT2D eigenvalue weighted by Crippen LogP contribution is -2.43. The smallest absolute Gasteiger partial charge is 0.331 e. The second kappa shape index (κ2) is 10.3. The average molecular weight is 385 g/mol. The number of esters is 1. The Kier molecular flexibility index (Phi) is 8.44. The van der Waals surface area contributed by atoms with E-state index in [0.29, 0.717) is 22.1 Å². The van der Waals surface area contributed by atoms with Gasteiger partial charge < -0.3 is 19.5 Å². The van der Waals surface area contributed by atoms with E-state index < -0.39 is 24.5 Å². The molecule has 3 amide bonds. The van der Waals surface area contributed by atoms with Crippen molar-refractivity contribution >= 4 is 35.6 Å². The normalized spacial score (nSPS) is 10.5. The lowest BCUT2D eigenvalue weighted by molar-refractivity contribution is -0.143. The van der Waals surface area contributed by atoms with E-state index in [9.17, 15) is 14.4 Å². The Hall–Kier alpha value is -2.74. The molecule has 9 heteroatoms. The van der Waals surface area contributed by atoms with Crippen molar-refractivity contribution in [1.82, 2.24) is 10.6 Å². The molecule has 0 fully saturated rings. The van der Waals surface area contributed by atoms with E-state index in [1.54, 1.807) is 26.0 Å². The topological polar surface area (TPSA) is 103 Å². The van der Waals surface area contributed by atoms with E-state index in [1.807, 2.05) is 5.32 Å². The maximum atomic E-state index is 11.7. The first-order valence-electron chi connectivity index (χ1n) is 7.63. The van der Waals surface area contributed by atoms with Gasteiger partial charge in [0, 0.05) is 12.1 Å². The maximum absolute atomic E-state index is 11.7. The van der Waals surface area contributed by atoms with Crippen LogP contribution in [-0.2, 0) is 14.3 Å². The summed E-state index contributed by atoms with van der Waals surface area (Å²) in [6.07, 6.45) is 2.57. The summed E-state index contributed by atoms with van der Waals surface area (Å²) in [5, 5.41) is 4.83. The van der Waals surface area contributed by atoms with Gasteiger partial charge in [0.1, 0.15) is 0 Å². The van der Waals surface area contributed by atoms with Gasteiger partial charge in [-0.05, 0) is 37.6 Å². The zero-order valence-corrected chi connectivity index (χ0v) is 15.7. The van der Waals surface area contributed by atoms with Gasteiger partial charge in [0.2, 0.25) is 0 Å². The summed E-state index contributed by atoms with van der Waals surface area (Å²) in [6.45, 7) is 2.91. The number of nitrogens with one attached hydrogen (secondary N) is 2. The molecule has 8 nitrogen and oxygen atoms in total. The van der Waals surface area contributed by atoms with Gasteiger partial charge in [0.15, 0.2) is 18.1 Å². The second-order valence-electron chi connectivity index (χ2n) is 5.36. The molecule has 0 aliphatic carbocycles. The van der Waals surface area contributed by atoms with E-state index in [4.69, 9.17) is 25.8 Å². The lowest BCUT2D eigenvalue weighted by atomic mass is 10.2. The summed E-state index contributed by atoms with van der Waals surface area (Å²) in [4.78, 5) is 34.5. The largest absolute Gasteiger partial charge is 0.493 e.